The van der Waals surface area contributed by atoms with Crippen LogP contribution in [0.25, 0.3) is 0 Å². The van der Waals surface area contributed by atoms with E-state index in [1.54, 1.807) is 24.3 Å². The fourth-order valence-electron chi connectivity index (χ4n) is 2.27. The maximum atomic E-state index is 12.0. The summed E-state index contributed by atoms with van der Waals surface area (Å²) < 4.78 is 5.34. The lowest BCUT2D eigenvalue weighted by atomic mass is 10.1. The van der Waals surface area contributed by atoms with E-state index in [0.29, 0.717) is 18.7 Å². The standard InChI is InChI=1S/C19H23N3O3/c1-2-25-16-10-8-15(9-11-16)22-18(23)13-21-19(24)17(20)12-14-6-4-3-5-7-14/h3-11,17H,2,12-13,20H2,1H3,(H,21,24)(H,22,23)/t17-/m0/s1. The number of carbonyl (C=O) groups excluding carboxylic acids is 2. The molecule has 0 fully saturated rings. The number of hydrogen-bond donors (Lipinski definition) is 3. The average molecular weight is 341 g/mol. The third-order valence-corrected chi connectivity index (χ3v) is 3.51. The molecule has 0 saturated heterocycles. The monoisotopic (exact) mass is 341 g/mol. The Morgan fingerprint density at radius 1 is 1.08 bits per heavy atom. The zero-order valence-electron chi connectivity index (χ0n) is 14.2. The molecule has 4 N–H and O–H groups in total. The van der Waals surface area contributed by atoms with Crippen LogP contribution in [-0.4, -0.2) is 31.0 Å². The second-order valence-electron chi connectivity index (χ2n) is 5.52. The first-order chi connectivity index (χ1) is 12.1. The number of nitrogens with one attached hydrogen (secondary N) is 2. The van der Waals surface area contributed by atoms with Gasteiger partial charge in [-0.1, -0.05) is 30.3 Å². The van der Waals surface area contributed by atoms with Gasteiger partial charge in [-0.05, 0) is 43.2 Å². The quantitative estimate of drug-likeness (QED) is 0.681. The summed E-state index contributed by atoms with van der Waals surface area (Å²) in [5.41, 5.74) is 7.49. The Labute approximate surface area is 147 Å². The Balaban J connectivity index is 1.75. The Kier molecular flexibility index (Phi) is 6.98. The minimum atomic E-state index is -0.694. The van der Waals surface area contributed by atoms with Gasteiger partial charge < -0.3 is 21.1 Å². The van der Waals surface area contributed by atoms with E-state index in [-0.39, 0.29) is 18.4 Å². The normalized spacial score (nSPS) is 11.4. The van der Waals surface area contributed by atoms with Gasteiger partial charge in [-0.3, -0.25) is 9.59 Å². The van der Waals surface area contributed by atoms with Crippen LogP contribution in [0.4, 0.5) is 5.69 Å². The van der Waals surface area contributed by atoms with Crippen molar-refractivity contribution in [2.45, 2.75) is 19.4 Å². The van der Waals surface area contributed by atoms with Crippen LogP contribution in [0.5, 0.6) is 5.75 Å². The lowest BCUT2D eigenvalue weighted by molar-refractivity contribution is -0.125. The van der Waals surface area contributed by atoms with Crippen molar-refractivity contribution in [1.29, 1.82) is 0 Å². The largest absolute Gasteiger partial charge is 0.494 e. The molecule has 0 radical (unpaired) electrons. The molecule has 2 aromatic rings. The lowest BCUT2D eigenvalue weighted by Gasteiger charge is -2.12. The fraction of sp³-hybridized carbons (Fsp3) is 0.263. The Morgan fingerprint density at radius 2 is 1.76 bits per heavy atom. The number of ether oxygens (including phenoxy) is 1. The molecule has 6 nitrogen and oxygen atoms in total. The van der Waals surface area contributed by atoms with Crippen LogP contribution in [-0.2, 0) is 16.0 Å². The van der Waals surface area contributed by atoms with Crippen molar-refractivity contribution < 1.29 is 14.3 Å². The number of hydrogen-bond acceptors (Lipinski definition) is 4. The molecule has 0 aliphatic carbocycles. The molecule has 2 rings (SSSR count). The number of benzene rings is 2. The Bertz CT molecular complexity index is 687. The highest BCUT2D eigenvalue weighted by Crippen LogP contribution is 2.15. The first-order valence-corrected chi connectivity index (χ1v) is 8.18. The number of carbonyl (C=O) groups is 2. The number of nitrogens with two attached hydrogens (primary N) is 1. The van der Waals surface area contributed by atoms with Gasteiger partial charge in [-0.15, -0.1) is 0 Å². The second-order valence-corrected chi connectivity index (χ2v) is 5.52. The van der Waals surface area contributed by atoms with E-state index in [9.17, 15) is 9.59 Å². The van der Waals surface area contributed by atoms with Gasteiger partial charge in [0.2, 0.25) is 11.8 Å². The summed E-state index contributed by atoms with van der Waals surface area (Å²) in [7, 11) is 0. The summed E-state index contributed by atoms with van der Waals surface area (Å²) in [6.07, 6.45) is 0.424. The van der Waals surface area contributed by atoms with Crippen molar-refractivity contribution in [3.8, 4) is 5.75 Å². The van der Waals surface area contributed by atoms with Gasteiger partial charge in [0, 0.05) is 5.69 Å². The zero-order chi connectivity index (χ0) is 18.1. The van der Waals surface area contributed by atoms with Crippen LogP contribution >= 0.6 is 0 Å². The molecule has 132 valence electrons. The van der Waals surface area contributed by atoms with E-state index in [1.165, 1.54) is 0 Å². The van der Waals surface area contributed by atoms with Crippen LogP contribution in [0.2, 0.25) is 0 Å². The first-order valence-electron chi connectivity index (χ1n) is 8.18. The van der Waals surface area contributed by atoms with Gasteiger partial charge in [0.15, 0.2) is 0 Å². The minimum absolute atomic E-state index is 0.130. The van der Waals surface area contributed by atoms with Crippen molar-refractivity contribution in [2.24, 2.45) is 5.73 Å². The molecular weight excluding hydrogens is 318 g/mol. The maximum absolute atomic E-state index is 12.0. The molecule has 2 aromatic carbocycles. The van der Waals surface area contributed by atoms with Gasteiger partial charge in [0.25, 0.3) is 0 Å². The lowest BCUT2D eigenvalue weighted by Crippen LogP contribution is -2.44. The van der Waals surface area contributed by atoms with E-state index in [4.69, 9.17) is 10.5 Å². The third-order valence-electron chi connectivity index (χ3n) is 3.51. The summed E-state index contributed by atoms with van der Waals surface area (Å²) in [6, 6.07) is 15.8. The Hall–Kier alpha value is -2.86. The maximum Gasteiger partial charge on any atom is 0.243 e. The second kappa shape index (κ2) is 9.44. The van der Waals surface area contributed by atoms with Crippen molar-refractivity contribution in [3.63, 3.8) is 0 Å². The van der Waals surface area contributed by atoms with Crippen LogP contribution in [0.15, 0.2) is 54.6 Å². The minimum Gasteiger partial charge on any atom is -0.494 e. The predicted octanol–water partition coefficient (Wildman–Crippen LogP) is 1.71. The van der Waals surface area contributed by atoms with Gasteiger partial charge in [0.05, 0.1) is 19.2 Å². The van der Waals surface area contributed by atoms with Crippen molar-refractivity contribution in [2.75, 3.05) is 18.5 Å². The fourth-order valence-corrected chi connectivity index (χ4v) is 2.27. The molecule has 0 bridgehead atoms. The van der Waals surface area contributed by atoms with Crippen LogP contribution in [0.1, 0.15) is 12.5 Å². The number of anilines is 1. The Morgan fingerprint density at radius 3 is 2.40 bits per heavy atom. The van der Waals surface area contributed by atoms with Gasteiger partial charge in [-0.2, -0.15) is 0 Å². The molecule has 0 aliphatic heterocycles. The molecule has 0 aliphatic rings. The summed E-state index contributed by atoms with van der Waals surface area (Å²) in [5.74, 6) is 0.0656. The molecule has 0 unspecified atom stereocenters. The summed E-state index contributed by atoms with van der Waals surface area (Å²) in [5, 5.41) is 5.26. The summed E-state index contributed by atoms with van der Waals surface area (Å²) in [4.78, 5) is 23.9. The van der Waals surface area contributed by atoms with E-state index >= 15 is 0 Å². The summed E-state index contributed by atoms with van der Waals surface area (Å²) in [6.45, 7) is 2.36. The van der Waals surface area contributed by atoms with Gasteiger partial charge in [-0.25, -0.2) is 0 Å². The highest BCUT2D eigenvalue weighted by Gasteiger charge is 2.15. The van der Waals surface area contributed by atoms with E-state index in [1.807, 2.05) is 37.3 Å². The topological polar surface area (TPSA) is 93.5 Å². The highest BCUT2D eigenvalue weighted by atomic mass is 16.5. The van der Waals surface area contributed by atoms with Crippen molar-refractivity contribution >= 4 is 17.5 Å². The molecule has 2 amide bonds. The molecular formula is C19H23N3O3. The van der Waals surface area contributed by atoms with E-state index in [0.717, 1.165) is 11.3 Å². The molecule has 25 heavy (non-hydrogen) atoms. The summed E-state index contributed by atoms with van der Waals surface area (Å²) >= 11 is 0. The number of rotatable bonds is 8. The van der Waals surface area contributed by atoms with Crippen LogP contribution in [0, 0.1) is 0 Å². The van der Waals surface area contributed by atoms with Crippen LogP contribution < -0.4 is 21.1 Å². The van der Waals surface area contributed by atoms with Gasteiger partial charge >= 0.3 is 0 Å². The van der Waals surface area contributed by atoms with E-state index < -0.39 is 6.04 Å². The molecule has 0 saturated carbocycles. The van der Waals surface area contributed by atoms with Gasteiger partial charge in [0.1, 0.15) is 5.75 Å². The SMILES string of the molecule is CCOc1ccc(NC(=O)CNC(=O)[C@@H](N)Cc2ccccc2)cc1. The van der Waals surface area contributed by atoms with E-state index in [2.05, 4.69) is 10.6 Å². The highest BCUT2D eigenvalue weighted by molar-refractivity contribution is 5.95. The average Bonchev–Trinajstić information content (AvgIpc) is 2.62. The van der Waals surface area contributed by atoms with Crippen LogP contribution in [0.3, 0.4) is 0 Å². The molecule has 1 atom stereocenters. The molecule has 0 spiro atoms. The smallest absolute Gasteiger partial charge is 0.243 e. The van der Waals surface area contributed by atoms with Crippen molar-refractivity contribution in [1.82, 2.24) is 5.32 Å². The van der Waals surface area contributed by atoms with Crippen molar-refractivity contribution in [3.05, 3.63) is 60.2 Å². The predicted molar refractivity (Wildman–Crippen MR) is 97.4 cm³/mol. The molecule has 0 heterocycles. The third kappa shape index (κ3) is 6.27. The molecule has 6 heteroatoms. The zero-order valence-corrected chi connectivity index (χ0v) is 14.2. The first kappa shape index (κ1) is 18.5. The molecule has 0 aromatic heterocycles. The number of amides is 2.